The van der Waals surface area contributed by atoms with Crippen molar-refractivity contribution >= 4 is 11.6 Å². The van der Waals surface area contributed by atoms with E-state index in [1.807, 2.05) is 78.9 Å². The average Bonchev–Trinajstić information content (AvgIpc) is 3.44. The number of ether oxygens (including phenoxy) is 1. The fourth-order valence-electron chi connectivity index (χ4n) is 3.32. The highest BCUT2D eigenvalue weighted by atomic mass is 35.5. The molecule has 1 aliphatic carbocycles. The molecule has 1 fully saturated rings. The minimum atomic E-state index is -0.174. The standard InChI is InChI=1S/C24H20ClFO/c25-20-11-9-19(10-12-20)24(13-14-24)17-21(26)15-18-5-4-8-23(16-18)27-22-6-2-1-3-7-22/h1-12,16-17H,13-15H2. The summed E-state index contributed by atoms with van der Waals surface area (Å²) in [6, 6.07) is 24.9. The first-order valence-corrected chi connectivity index (χ1v) is 9.46. The van der Waals surface area contributed by atoms with Gasteiger partial charge in [-0.15, -0.1) is 0 Å². The monoisotopic (exact) mass is 378 g/mol. The molecule has 0 spiro atoms. The Morgan fingerprint density at radius 2 is 1.63 bits per heavy atom. The predicted molar refractivity (Wildman–Crippen MR) is 108 cm³/mol. The van der Waals surface area contributed by atoms with Gasteiger partial charge in [0.15, 0.2) is 0 Å². The fraction of sp³-hybridized carbons (Fsp3) is 0.167. The van der Waals surface area contributed by atoms with E-state index < -0.39 is 0 Å². The van der Waals surface area contributed by atoms with Crippen molar-refractivity contribution in [1.82, 2.24) is 0 Å². The highest BCUT2D eigenvalue weighted by Crippen LogP contribution is 2.50. The summed E-state index contributed by atoms with van der Waals surface area (Å²) in [4.78, 5) is 0. The lowest BCUT2D eigenvalue weighted by molar-refractivity contribution is 0.482. The van der Waals surface area contributed by atoms with Crippen LogP contribution in [0.3, 0.4) is 0 Å². The Morgan fingerprint density at radius 1 is 0.926 bits per heavy atom. The zero-order chi connectivity index (χ0) is 18.7. The molecular weight excluding hydrogens is 359 g/mol. The van der Waals surface area contributed by atoms with Crippen LogP contribution in [0.15, 0.2) is 90.8 Å². The quantitative estimate of drug-likeness (QED) is 0.438. The van der Waals surface area contributed by atoms with Gasteiger partial charge >= 0.3 is 0 Å². The van der Waals surface area contributed by atoms with Crippen LogP contribution in [0.4, 0.5) is 4.39 Å². The number of para-hydroxylation sites is 1. The number of allylic oxidation sites excluding steroid dienone is 2. The van der Waals surface area contributed by atoms with Crippen molar-refractivity contribution in [3.8, 4) is 11.5 Å². The second-order valence-electron chi connectivity index (χ2n) is 6.99. The van der Waals surface area contributed by atoms with Gasteiger partial charge in [0.05, 0.1) is 0 Å². The third-order valence-electron chi connectivity index (χ3n) is 4.89. The molecule has 0 N–H and O–H groups in total. The first-order chi connectivity index (χ1) is 13.1. The Bertz CT molecular complexity index is 944. The lowest BCUT2D eigenvalue weighted by Gasteiger charge is -2.12. The van der Waals surface area contributed by atoms with Crippen LogP contribution in [0.1, 0.15) is 24.0 Å². The van der Waals surface area contributed by atoms with Gasteiger partial charge < -0.3 is 4.74 Å². The third kappa shape index (κ3) is 4.40. The van der Waals surface area contributed by atoms with E-state index in [-0.39, 0.29) is 17.7 Å². The molecule has 3 aromatic carbocycles. The number of benzene rings is 3. The van der Waals surface area contributed by atoms with Crippen molar-refractivity contribution in [3.63, 3.8) is 0 Å². The van der Waals surface area contributed by atoms with Crippen LogP contribution in [0.2, 0.25) is 5.02 Å². The van der Waals surface area contributed by atoms with Crippen LogP contribution in [0.25, 0.3) is 0 Å². The van der Waals surface area contributed by atoms with Crippen LogP contribution in [-0.4, -0.2) is 0 Å². The summed E-state index contributed by atoms with van der Waals surface area (Å²) >= 11 is 5.97. The van der Waals surface area contributed by atoms with Crippen molar-refractivity contribution in [3.05, 3.63) is 107 Å². The second kappa shape index (κ2) is 7.58. The summed E-state index contributed by atoms with van der Waals surface area (Å²) < 4.78 is 20.6. The van der Waals surface area contributed by atoms with Gasteiger partial charge in [0, 0.05) is 16.9 Å². The van der Waals surface area contributed by atoms with Crippen molar-refractivity contribution in [2.45, 2.75) is 24.7 Å². The average molecular weight is 379 g/mol. The Balaban J connectivity index is 1.48. The Morgan fingerprint density at radius 3 is 2.33 bits per heavy atom. The Labute approximate surface area is 164 Å². The largest absolute Gasteiger partial charge is 0.457 e. The van der Waals surface area contributed by atoms with Gasteiger partial charge in [-0.05, 0) is 66.4 Å². The SMILES string of the molecule is FC(=CC1(c2ccc(Cl)cc2)CC1)Cc1cccc(Oc2ccccc2)c1. The molecule has 0 bridgehead atoms. The number of rotatable bonds is 6. The summed E-state index contributed by atoms with van der Waals surface area (Å²) in [5, 5.41) is 0.703. The lowest BCUT2D eigenvalue weighted by Crippen LogP contribution is -2.03. The maximum atomic E-state index is 14.7. The third-order valence-corrected chi connectivity index (χ3v) is 5.14. The number of hydrogen-bond donors (Lipinski definition) is 0. The van der Waals surface area contributed by atoms with Gasteiger partial charge in [-0.1, -0.05) is 54.1 Å². The van der Waals surface area contributed by atoms with E-state index in [1.165, 1.54) is 0 Å². The Hall–Kier alpha value is -2.58. The molecule has 3 aromatic rings. The first-order valence-electron chi connectivity index (χ1n) is 9.08. The molecule has 0 saturated heterocycles. The summed E-state index contributed by atoms with van der Waals surface area (Å²) in [5.41, 5.74) is 1.85. The molecular formula is C24H20ClFO. The van der Waals surface area contributed by atoms with E-state index in [0.717, 1.165) is 29.7 Å². The maximum absolute atomic E-state index is 14.7. The van der Waals surface area contributed by atoms with Gasteiger partial charge in [-0.3, -0.25) is 0 Å². The van der Waals surface area contributed by atoms with Crippen molar-refractivity contribution in [1.29, 1.82) is 0 Å². The van der Waals surface area contributed by atoms with Crippen molar-refractivity contribution in [2.24, 2.45) is 0 Å². The Kier molecular flexibility index (Phi) is 5.00. The molecule has 3 heteroatoms. The van der Waals surface area contributed by atoms with Crippen molar-refractivity contribution in [2.75, 3.05) is 0 Å². The molecule has 0 aromatic heterocycles. The van der Waals surface area contributed by atoms with Gasteiger partial charge in [0.1, 0.15) is 17.3 Å². The molecule has 0 unspecified atom stereocenters. The summed E-state index contributed by atoms with van der Waals surface area (Å²) in [6.07, 6.45) is 3.99. The van der Waals surface area contributed by atoms with Gasteiger partial charge in [-0.25, -0.2) is 4.39 Å². The van der Waals surface area contributed by atoms with Gasteiger partial charge in [-0.2, -0.15) is 0 Å². The molecule has 27 heavy (non-hydrogen) atoms. The zero-order valence-electron chi connectivity index (χ0n) is 14.9. The van der Waals surface area contributed by atoms with Crippen molar-refractivity contribution < 1.29 is 9.13 Å². The molecule has 136 valence electrons. The molecule has 1 aliphatic rings. The molecule has 0 heterocycles. The van der Waals surface area contributed by atoms with Crippen LogP contribution < -0.4 is 4.74 Å². The predicted octanol–water partition coefficient (Wildman–Crippen LogP) is 7.26. The van der Waals surface area contributed by atoms with Crippen LogP contribution >= 0.6 is 11.6 Å². The molecule has 1 nitrogen and oxygen atoms in total. The van der Waals surface area contributed by atoms with E-state index >= 15 is 0 Å². The van der Waals surface area contributed by atoms with Crippen LogP contribution in [0, 0.1) is 0 Å². The minimum Gasteiger partial charge on any atom is -0.457 e. The smallest absolute Gasteiger partial charge is 0.127 e. The van der Waals surface area contributed by atoms with Gasteiger partial charge in [0.2, 0.25) is 0 Å². The van der Waals surface area contributed by atoms with E-state index in [2.05, 4.69) is 0 Å². The van der Waals surface area contributed by atoms with Crippen LogP contribution in [-0.2, 0) is 11.8 Å². The molecule has 0 radical (unpaired) electrons. The fourth-order valence-corrected chi connectivity index (χ4v) is 3.45. The molecule has 0 amide bonds. The number of halogens is 2. The van der Waals surface area contributed by atoms with E-state index in [0.29, 0.717) is 10.8 Å². The van der Waals surface area contributed by atoms with E-state index in [1.54, 1.807) is 6.08 Å². The normalized spacial score (nSPS) is 15.4. The summed E-state index contributed by atoms with van der Waals surface area (Å²) in [7, 11) is 0. The van der Waals surface area contributed by atoms with Gasteiger partial charge in [0.25, 0.3) is 0 Å². The number of hydrogen-bond acceptors (Lipinski definition) is 1. The van der Waals surface area contributed by atoms with E-state index in [9.17, 15) is 4.39 Å². The topological polar surface area (TPSA) is 9.23 Å². The molecule has 4 rings (SSSR count). The lowest BCUT2D eigenvalue weighted by atomic mass is 9.94. The second-order valence-corrected chi connectivity index (χ2v) is 7.43. The maximum Gasteiger partial charge on any atom is 0.127 e. The molecule has 1 saturated carbocycles. The molecule has 0 atom stereocenters. The molecule has 0 aliphatic heterocycles. The highest BCUT2D eigenvalue weighted by Gasteiger charge is 2.42. The summed E-state index contributed by atoms with van der Waals surface area (Å²) in [5.74, 6) is 1.37. The minimum absolute atomic E-state index is 0.112. The highest BCUT2D eigenvalue weighted by molar-refractivity contribution is 6.30. The first kappa shape index (κ1) is 17.8. The summed E-state index contributed by atoms with van der Waals surface area (Å²) in [6.45, 7) is 0. The zero-order valence-corrected chi connectivity index (χ0v) is 15.6. The van der Waals surface area contributed by atoms with Crippen LogP contribution in [0.5, 0.6) is 11.5 Å². The van der Waals surface area contributed by atoms with E-state index in [4.69, 9.17) is 16.3 Å².